The molecule has 1 fully saturated rings. The zero-order valence-corrected chi connectivity index (χ0v) is 15.8. The third-order valence-corrected chi connectivity index (χ3v) is 5.64. The van der Waals surface area contributed by atoms with Crippen LogP contribution in [0, 0.1) is 5.92 Å². The Morgan fingerprint density at radius 2 is 2.00 bits per heavy atom. The molecule has 28 heavy (non-hydrogen) atoms. The molecular weight excluding hydrogens is 378 g/mol. The molecule has 3 aliphatic rings. The molecule has 2 N–H and O–H groups in total. The maximum atomic E-state index is 13.8. The first-order chi connectivity index (χ1) is 13.1. The second-order valence-electron chi connectivity index (χ2n) is 7.82. The molecule has 1 aliphatic heterocycles. The van der Waals surface area contributed by atoms with Crippen LogP contribution in [0.25, 0.3) is 0 Å². The highest BCUT2D eigenvalue weighted by Crippen LogP contribution is 2.38. The summed E-state index contributed by atoms with van der Waals surface area (Å²) >= 11 is 0. The van der Waals surface area contributed by atoms with Crippen molar-refractivity contribution in [2.45, 2.75) is 62.8 Å². The van der Waals surface area contributed by atoms with E-state index in [1.54, 1.807) is 0 Å². The summed E-state index contributed by atoms with van der Waals surface area (Å²) in [7, 11) is 1.50. The lowest BCUT2D eigenvalue weighted by Crippen LogP contribution is -2.46. The topological polar surface area (TPSA) is 67.9 Å². The van der Waals surface area contributed by atoms with Gasteiger partial charge in [0.15, 0.2) is 11.5 Å². The van der Waals surface area contributed by atoms with Gasteiger partial charge in [-0.15, -0.1) is 0 Å². The summed E-state index contributed by atoms with van der Waals surface area (Å²) in [5.41, 5.74) is 3.55. The molecule has 0 spiro atoms. The fraction of sp³-hybridized carbons (Fsp3) is 0.684. The van der Waals surface area contributed by atoms with Crippen LogP contribution in [-0.2, 0) is 9.53 Å². The highest BCUT2D eigenvalue weighted by Gasteiger charge is 2.49. The first-order valence-corrected chi connectivity index (χ1v) is 9.51. The average molecular weight is 403 g/mol. The number of hydrogen-bond acceptors (Lipinski definition) is 4. The summed E-state index contributed by atoms with van der Waals surface area (Å²) < 4.78 is 58.2. The number of amides is 1. The molecule has 0 saturated heterocycles. The van der Waals surface area contributed by atoms with E-state index in [4.69, 9.17) is 10.5 Å². The number of carbonyl (C=O) groups is 1. The lowest BCUT2D eigenvalue weighted by atomic mass is 9.79. The van der Waals surface area contributed by atoms with Crippen LogP contribution >= 0.6 is 0 Å². The predicted molar refractivity (Wildman–Crippen MR) is 96.0 cm³/mol. The minimum atomic E-state index is -4.63. The van der Waals surface area contributed by atoms with Gasteiger partial charge in [0, 0.05) is 19.0 Å². The molecule has 1 amide bonds. The third-order valence-electron chi connectivity index (χ3n) is 5.64. The first kappa shape index (κ1) is 20.7. The highest BCUT2D eigenvalue weighted by atomic mass is 19.4. The summed E-state index contributed by atoms with van der Waals surface area (Å²) in [6.07, 6.45) is 0.253. The summed E-state index contributed by atoms with van der Waals surface area (Å²) in [6.45, 7) is -0.270. The molecule has 0 aromatic heterocycles. The molecule has 2 atom stereocenters. The van der Waals surface area contributed by atoms with Crippen LogP contribution in [0.5, 0.6) is 0 Å². The van der Waals surface area contributed by atoms with E-state index >= 15 is 0 Å². The molecule has 0 aromatic rings. The second-order valence-corrected chi connectivity index (χ2v) is 7.82. The van der Waals surface area contributed by atoms with Gasteiger partial charge in [0.25, 0.3) is 5.91 Å². The van der Waals surface area contributed by atoms with Crippen molar-refractivity contribution in [3.05, 3.63) is 23.5 Å². The standard InChI is InChI=1S/C19H25F4N3O2/c1-26-16(27)18(25-17(26)24,10-12-5-3-2-4-6-12)11-28-15-8-13(19(21,22)23)7-14(20)9-15/h8-9,12,14H,2-7,10-11H2,1H3,(H2,24,25). The van der Waals surface area contributed by atoms with Crippen LogP contribution < -0.4 is 5.73 Å². The number of likely N-dealkylation sites (N-methyl/N-ethyl adjacent to an activating group) is 1. The third kappa shape index (κ3) is 4.33. The Kier molecular flexibility index (Phi) is 5.72. The summed E-state index contributed by atoms with van der Waals surface area (Å²) in [4.78, 5) is 18.4. The average Bonchev–Trinajstić information content (AvgIpc) is 2.84. The number of hydrogen-bond donors (Lipinski definition) is 1. The lowest BCUT2D eigenvalue weighted by Gasteiger charge is -2.31. The van der Waals surface area contributed by atoms with Gasteiger partial charge in [0.05, 0.1) is 0 Å². The first-order valence-electron chi connectivity index (χ1n) is 9.51. The van der Waals surface area contributed by atoms with Gasteiger partial charge in [-0.3, -0.25) is 9.69 Å². The van der Waals surface area contributed by atoms with Crippen molar-refractivity contribution in [1.29, 1.82) is 0 Å². The van der Waals surface area contributed by atoms with Gasteiger partial charge >= 0.3 is 6.18 Å². The van der Waals surface area contributed by atoms with Crippen molar-refractivity contribution >= 4 is 11.9 Å². The van der Waals surface area contributed by atoms with Gasteiger partial charge in [-0.1, -0.05) is 32.1 Å². The van der Waals surface area contributed by atoms with Crippen LogP contribution in [-0.4, -0.2) is 48.3 Å². The zero-order chi connectivity index (χ0) is 20.5. The largest absolute Gasteiger partial charge is 0.491 e. The lowest BCUT2D eigenvalue weighted by molar-refractivity contribution is -0.132. The van der Waals surface area contributed by atoms with Crippen molar-refractivity contribution < 1.29 is 27.1 Å². The number of nitrogens with zero attached hydrogens (tertiary/aromatic N) is 2. The number of carbonyl (C=O) groups excluding carboxylic acids is 1. The van der Waals surface area contributed by atoms with Crippen molar-refractivity contribution in [2.75, 3.05) is 13.7 Å². The molecule has 1 heterocycles. The SMILES string of the molecule is CN1C(=O)C(COC2=CC(F)CC(C(F)(F)F)=C2)(CC2CCCCC2)N=C1N. The molecule has 0 radical (unpaired) electrons. The Morgan fingerprint density at radius 1 is 1.32 bits per heavy atom. The fourth-order valence-electron chi connectivity index (χ4n) is 4.13. The van der Waals surface area contributed by atoms with Gasteiger partial charge in [0.2, 0.25) is 0 Å². The molecule has 3 rings (SSSR count). The molecule has 0 bridgehead atoms. The van der Waals surface area contributed by atoms with Gasteiger partial charge in [-0.2, -0.15) is 13.2 Å². The molecule has 2 unspecified atom stereocenters. The number of nitrogens with two attached hydrogens (primary N) is 1. The van der Waals surface area contributed by atoms with E-state index in [9.17, 15) is 22.4 Å². The number of halogens is 4. The smallest absolute Gasteiger partial charge is 0.412 e. The Balaban J connectivity index is 1.79. The van der Waals surface area contributed by atoms with E-state index in [0.29, 0.717) is 6.42 Å². The van der Waals surface area contributed by atoms with Crippen LogP contribution in [0.4, 0.5) is 17.6 Å². The molecule has 9 heteroatoms. The van der Waals surface area contributed by atoms with E-state index in [1.807, 2.05) is 0 Å². The second kappa shape index (κ2) is 7.75. The minimum Gasteiger partial charge on any atom is -0.491 e. The zero-order valence-electron chi connectivity index (χ0n) is 15.8. The highest BCUT2D eigenvalue weighted by molar-refractivity contribution is 6.06. The number of aliphatic imine (C=N–C) groups is 1. The molecule has 156 valence electrons. The van der Waals surface area contributed by atoms with Crippen molar-refractivity contribution in [3.8, 4) is 0 Å². The van der Waals surface area contributed by atoms with E-state index < -0.39 is 29.9 Å². The molecule has 1 saturated carbocycles. The summed E-state index contributed by atoms with van der Waals surface area (Å²) in [5.74, 6) is -0.258. The van der Waals surface area contributed by atoms with Crippen LogP contribution in [0.1, 0.15) is 44.9 Å². The monoisotopic (exact) mass is 403 g/mol. The van der Waals surface area contributed by atoms with Crippen molar-refractivity contribution in [3.63, 3.8) is 0 Å². The number of guanidine groups is 1. The van der Waals surface area contributed by atoms with Crippen molar-refractivity contribution in [2.24, 2.45) is 16.6 Å². The Bertz CT molecular complexity index is 710. The number of alkyl halides is 4. The van der Waals surface area contributed by atoms with Crippen LogP contribution in [0.2, 0.25) is 0 Å². The maximum Gasteiger partial charge on any atom is 0.412 e. The quantitative estimate of drug-likeness (QED) is 0.713. The Labute approximate surface area is 161 Å². The molecule has 2 aliphatic carbocycles. The molecular formula is C19H25F4N3O2. The van der Waals surface area contributed by atoms with E-state index in [-0.39, 0.29) is 30.2 Å². The minimum absolute atomic E-state index is 0.0527. The normalized spacial score (nSPS) is 29.5. The van der Waals surface area contributed by atoms with Crippen molar-refractivity contribution in [1.82, 2.24) is 4.90 Å². The van der Waals surface area contributed by atoms with Crippen LogP contribution in [0.15, 0.2) is 28.5 Å². The number of rotatable bonds is 5. The number of ether oxygens (including phenoxy) is 1. The predicted octanol–water partition coefficient (Wildman–Crippen LogP) is 3.61. The van der Waals surface area contributed by atoms with Crippen LogP contribution in [0.3, 0.4) is 0 Å². The molecule has 0 aromatic carbocycles. The van der Waals surface area contributed by atoms with E-state index in [1.165, 1.54) is 11.9 Å². The maximum absolute atomic E-state index is 13.8. The van der Waals surface area contributed by atoms with Gasteiger partial charge in [0.1, 0.15) is 18.5 Å². The summed E-state index contributed by atoms with van der Waals surface area (Å²) in [5, 5.41) is 0. The Hall–Kier alpha value is -2.06. The van der Waals surface area contributed by atoms with Gasteiger partial charge in [-0.25, -0.2) is 9.38 Å². The van der Waals surface area contributed by atoms with E-state index in [2.05, 4.69) is 4.99 Å². The van der Waals surface area contributed by atoms with E-state index in [0.717, 1.165) is 44.3 Å². The Morgan fingerprint density at radius 3 is 2.57 bits per heavy atom. The van der Waals surface area contributed by atoms with Gasteiger partial charge < -0.3 is 10.5 Å². The number of allylic oxidation sites excluding steroid dienone is 3. The molecule has 5 nitrogen and oxygen atoms in total. The summed E-state index contributed by atoms with van der Waals surface area (Å²) in [6, 6.07) is 0. The fourth-order valence-corrected chi connectivity index (χ4v) is 4.13. The van der Waals surface area contributed by atoms with Gasteiger partial charge in [-0.05, 0) is 24.5 Å².